The molecule has 1 amide bonds. The maximum atomic E-state index is 13.9. The summed E-state index contributed by atoms with van der Waals surface area (Å²) in [5.74, 6) is 0.536. The molecular weight excluding hydrogens is 583 g/mol. The molecule has 1 fully saturated rings. The summed E-state index contributed by atoms with van der Waals surface area (Å²) in [6.07, 6.45) is 0.595. The van der Waals surface area contributed by atoms with E-state index in [1.165, 1.54) is 0 Å². The van der Waals surface area contributed by atoms with E-state index in [9.17, 15) is 18.0 Å². The largest absolute Gasteiger partial charge is 0.437 e. The summed E-state index contributed by atoms with van der Waals surface area (Å²) < 4.78 is 49.6. The third kappa shape index (κ3) is 6.81. The second-order valence-corrected chi connectivity index (χ2v) is 11.3. The van der Waals surface area contributed by atoms with Gasteiger partial charge in [0, 0.05) is 75.2 Å². The molecule has 1 aliphatic rings. The number of anilines is 1. The molecule has 0 aliphatic carbocycles. The van der Waals surface area contributed by atoms with Crippen molar-refractivity contribution in [1.82, 2.24) is 29.3 Å². The van der Waals surface area contributed by atoms with E-state index in [4.69, 9.17) is 4.74 Å². The van der Waals surface area contributed by atoms with Crippen LogP contribution in [0.3, 0.4) is 0 Å². The van der Waals surface area contributed by atoms with Gasteiger partial charge in [-0.2, -0.15) is 18.2 Å². The van der Waals surface area contributed by atoms with E-state index in [1.807, 2.05) is 30.9 Å². The van der Waals surface area contributed by atoms with Crippen LogP contribution in [-0.2, 0) is 19.8 Å². The number of halogens is 3. The Morgan fingerprint density at radius 1 is 0.956 bits per heavy atom. The van der Waals surface area contributed by atoms with Crippen LogP contribution in [0.5, 0.6) is 11.6 Å². The van der Waals surface area contributed by atoms with Gasteiger partial charge in [0.25, 0.3) is 5.91 Å². The summed E-state index contributed by atoms with van der Waals surface area (Å²) in [6.45, 7) is 5.31. The number of aromatic nitrogens is 4. The molecule has 0 atom stereocenters. The van der Waals surface area contributed by atoms with Gasteiger partial charge in [0.15, 0.2) is 5.82 Å². The monoisotopic (exact) mass is 615 g/mol. The van der Waals surface area contributed by atoms with Gasteiger partial charge in [-0.3, -0.25) is 14.7 Å². The highest BCUT2D eigenvalue weighted by atomic mass is 19.4. The lowest BCUT2D eigenvalue weighted by Gasteiger charge is -2.32. The number of pyridine rings is 1. The quantitative estimate of drug-likeness (QED) is 0.235. The van der Waals surface area contributed by atoms with Gasteiger partial charge in [-0.25, -0.2) is 4.98 Å². The number of piperazine rings is 1. The molecule has 0 radical (unpaired) electrons. The fourth-order valence-corrected chi connectivity index (χ4v) is 5.36. The van der Waals surface area contributed by atoms with Crippen molar-refractivity contribution >= 4 is 22.6 Å². The highest BCUT2D eigenvalue weighted by Crippen LogP contribution is 2.34. The molecule has 3 aromatic heterocycles. The SMILES string of the molecule is Cc1ccc(Oc2nc(-c3ccncc3)nc3ccn(C)c23)cc1C(=O)Nc1cc(CN2CCN(C)CC2)cc(C(F)(F)F)c1. The lowest BCUT2D eigenvalue weighted by atomic mass is 10.1. The molecule has 0 bridgehead atoms. The van der Waals surface area contributed by atoms with Crippen LogP contribution < -0.4 is 10.1 Å². The van der Waals surface area contributed by atoms with Crippen molar-refractivity contribution in [2.24, 2.45) is 7.05 Å². The van der Waals surface area contributed by atoms with Crippen molar-refractivity contribution < 1.29 is 22.7 Å². The van der Waals surface area contributed by atoms with Gasteiger partial charge in [0.1, 0.15) is 11.3 Å². The number of nitrogens with one attached hydrogen (secondary N) is 1. The number of hydrogen-bond donors (Lipinski definition) is 1. The number of amides is 1. The van der Waals surface area contributed by atoms with E-state index in [-0.39, 0.29) is 11.3 Å². The number of nitrogens with zero attached hydrogens (tertiary/aromatic N) is 6. The van der Waals surface area contributed by atoms with Gasteiger partial charge in [0.2, 0.25) is 5.88 Å². The van der Waals surface area contributed by atoms with Crippen LogP contribution >= 0.6 is 0 Å². The Labute approximate surface area is 258 Å². The second-order valence-electron chi connectivity index (χ2n) is 11.3. The molecule has 45 heavy (non-hydrogen) atoms. The first kappa shape index (κ1) is 30.2. The molecule has 1 saturated heterocycles. The molecule has 0 saturated carbocycles. The number of fused-ring (bicyclic) bond motifs is 1. The normalized spacial score (nSPS) is 14.5. The predicted octanol–water partition coefficient (Wildman–Crippen LogP) is 6.15. The van der Waals surface area contributed by atoms with Gasteiger partial charge < -0.3 is 19.5 Å². The highest BCUT2D eigenvalue weighted by Gasteiger charge is 2.32. The fraction of sp³-hybridized carbons (Fsp3) is 0.273. The van der Waals surface area contributed by atoms with E-state index in [0.29, 0.717) is 46.2 Å². The number of aryl methyl sites for hydroxylation is 2. The number of alkyl halides is 3. The minimum atomic E-state index is -4.56. The number of hydrogen-bond acceptors (Lipinski definition) is 7. The molecule has 232 valence electrons. The number of ether oxygens (including phenoxy) is 1. The van der Waals surface area contributed by atoms with E-state index in [0.717, 1.165) is 43.9 Å². The zero-order chi connectivity index (χ0) is 31.7. The average Bonchev–Trinajstić information content (AvgIpc) is 3.39. The first-order valence-electron chi connectivity index (χ1n) is 14.5. The van der Waals surface area contributed by atoms with Crippen LogP contribution in [0.2, 0.25) is 0 Å². The number of likely N-dealkylation sites (N-methyl/N-ethyl adjacent to an activating group) is 1. The summed E-state index contributed by atoms with van der Waals surface area (Å²) in [7, 11) is 3.87. The van der Waals surface area contributed by atoms with Crippen LogP contribution in [0.4, 0.5) is 18.9 Å². The van der Waals surface area contributed by atoms with Crippen molar-refractivity contribution in [1.29, 1.82) is 0 Å². The third-order valence-corrected chi connectivity index (χ3v) is 7.87. The molecule has 1 aliphatic heterocycles. The van der Waals surface area contributed by atoms with E-state index < -0.39 is 17.6 Å². The number of rotatable bonds is 7. The molecule has 5 aromatic rings. The van der Waals surface area contributed by atoms with Gasteiger partial charge in [0.05, 0.1) is 11.1 Å². The van der Waals surface area contributed by atoms with E-state index in [1.54, 1.807) is 55.7 Å². The van der Waals surface area contributed by atoms with Gasteiger partial charge >= 0.3 is 6.18 Å². The van der Waals surface area contributed by atoms with Crippen molar-refractivity contribution in [2.45, 2.75) is 19.6 Å². The standard InChI is InChI=1S/C33H32F3N7O2/c1-21-4-5-26(45-32-29-28(8-11-42(29)3)39-30(40-32)23-6-9-37-10-7-23)19-27(21)31(44)38-25-17-22(16-24(18-25)33(34,35)36)20-43-14-12-41(2)13-15-43/h4-11,16-19H,12-15,20H2,1-3H3,(H,38,44). The van der Waals surface area contributed by atoms with Crippen LogP contribution in [0.1, 0.15) is 27.0 Å². The Morgan fingerprint density at radius 2 is 1.71 bits per heavy atom. The molecular formula is C33H32F3N7O2. The Balaban J connectivity index is 1.28. The van der Waals surface area contributed by atoms with Crippen LogP contribution in [0, 0.1) is 6.92 Å². The second kappa shape index (κ2) is 12.3. The molecule has 9 nitrogen and oxygen atoms in total. The summed E-state index contributed by atoms with van der Waals surface area (Å²) in [5, 5.41) is 2.70. The molecule has 2 aromatic carbocycles. The minimum absolute atomic E-state index is 0.0768. The first-order chi connectivity index (χ1) is 21.5. The van der Waals surface area contributed by atoms with Gasteiger partial charge in [-0.1, -0.05) is 6.07 Å². The maximum absolute atomic E-state index is 13.9. The molecule has 0 unspecified atom stereocenters. The predicted molar refractivity (Wildman–Crippen MR) is 165 cm³/mol. The van der Waals surface area contributed by atoms with Crippen molar-refractivity contribution in [3.05, 3.63) is 95.4 Å². The fourth-order valence-electron chi connectivity index (χ4n) is 5.36. The Hall–Kier alpha value is -4.81. The summed E-state index contributed by atoms with van der Waals surface area (Å²) in [6, 6.07) is 14.2. The summed E-state index contributed by atoms with van der Waals surface area (Å²) >= 11 is 0. The smallest absolute Gasteiger partial charge is 0.416 e. The summed E-state index contributed by atoms with van der Waals surface area (Å²) in [4.78, 5) is 31.2. The zero-order valence-corrected chi connectivity index (χ0v) is 25.1. The number of carbonyl (C=O) groups is 1. The molecule has 6 rings (SSSR count). The van der Waals surface area contributed by atoms with Gasteiger partial charge in [-0.15, -0.1) is 0 Å². The Morgan fingerprint density at radius 3 is 2.44 bits per heavy atom. The maximum Gasteiger partial charge on any atom is 0.416 e. The Bertz CT molecular complexity index is 1850. The van der Waals surface area contributed by atoms with Crippen molar-refractivity contribution in [3.63, 3.8) is 0 Å². The third-order valence-electron chi connectivity index (χ3n) is 7.87. The van der Waals surface area contributed by atoms with Crippen molar-refractivity contribution in [2.75, 3.05) is 38.5 Å². The number of benzene rings is 2. The highest BCUT2D eigenvalue weighted by molar-refractivity contribution is 6.05. The molecule has 12 heteroatoms. The average molecular weight is 616 g/mol. The lowest BCUT2D eigenvalue weighted by Crippen LogP contribution is -2.43. The van der Waals surface area contributed by atoms with Gasteiger partial charge in [-0.05, 0) is 73.6 Å². The van der Waals surface area contributed by atoms with Crippen molar-refractivity contribution in [3.8, 4) is 23.0 Å². The molecule has 1 N–H and O–H groups in total. The number of carbonyl (C=O) groups excluding carboxylic acids is 1. The van der Waals surface area contributed by atoms with E-state index in [2.05, 4.69) is 30.1 Å². The Kier molecular flexibility index (Phi) is 8.26. The lowest BCUT2D eigenvalue weighted by molar-refractivity contribution is -0.137. The van der Waals surface area contributed by atoms with Crippen LogP contribution in [-0.4, -0.2) is 68.5 Å². The minimum Gasteiger partial charge on any atom is -0.437 e. The molecule has 0 spiro atoms. The van der Waals surface area contributed by atoms with Crippen LogP contribution in [0.15, 0.2) is 73.2 Å². The van der Waals surface area contributed by atoms with Crippen LogP contribution in [0.25, 0.3) is 22.4 Å². The topological polar surface area (TPSA) is 88.4 Å². The zero-order valence-electron chi connectivity index (χ0n) is 25.1. The summed E-state index contributed by atoms with van der Waals surface area (Å²) in [5.41, 5.74) is 2.75. The molecule has 4 heterocycles. The first-order valence-corrected chi connectivity index (χ1v) is 14.5. The van der Waals surface area contributed by atoms with E-state index >= 15 is 0 Å².